The standard InChI is InChI=1S/C34H36N4O6/c1-22(2)21-44-31-12-11-26(17-23(31)3)32-27(20-38(36-32)28-9-7-6-8-10-28)18-29-24(4)30(19-35)34(41)37(33(29)40)13-14-42-15-16-43-25(5)39/h6-12,17-18,20,22H,13-16,21H2,1-5H3/b29-18+. The molecule has 0 unspecified atom stereocenters. The van der Waals surface area contributed by atoms with E-state index in [-0.39, 0.29) is 37.5 Å². The van der Waals surface area contributed by atoms with Crippen LogP contribution in [0.1, 0.15) is 38.8 Å². The summed E-state index contributed by atoms with van der Waals surface area (Å²) in [6.45, 7) is 9.77. The Balaban J connectivity index is 1.72. The molecule has 10 heteroatoms. The van der Waals surface area contributed by atoms with Gasteiger partial charge in [-0.05, 0) is 67.3 Å². The molecule has 0 spiro atoms. The van der Waals surface area contributed by atoms with Crippen LogP contribution in [0.3, 0.4) is 0 Å². The molecular formula is C34H36N4O6. The average molecular weight is 597 g/mol. The highest BCUT2D eigenvalue weighted by atomic mass is 16.6. The molecule has 228 valence electrons. The summed E-state index contributed by atoms with van der Waals surface area (Å²) in [5, 5.41) is 14.7. The molecule has 0 saturated carbocycles. The summed E-state index contributed by atoms with van der Waals surface area (Å²) < 4.78 is 18.0. The number of hydrogen-bond acceptors (Lipinski definition) is 8. The Morgan fingerprint density at radius 2 is 1.80 bits per heavy atom. The summed E-state index contributed by atoms with van der Waals surface area (Å²) in [6.07, 6.45) is 3.50. The van der Waals surface area contributed by atoms with Crippen molar-refractivity contribution in [1.82, 2.24) is 14.7 Å². The van der Waals surface area contributed by atoms with E-state index < -0.39 is 17.8 Å². The van der Waals surface area contributed by atoms with Gasteiger partial charge in [-0.15, -0.1) is 0 Å². The highest BCUT2D eigenvalue weighted by molar-refractivity contribution is 6.19. The van der Waals surface area contributed by atoms with Crippen LogP contribution in [0.15, 0.2) is 71.4 Å². The summed E-state index contributed by atoms with van der Waals surface area (Å²) in [5.41, 5.74) is 4.24. The Morgan fingerprint density at radius 3 is 2.45 bits per heavy atom. The SMILES string of the molecule is CC(=O)OCCOCCN1C(=O)C(C#N)=C(C)/C(=C\c2cn(-c3ccccc3)nc2-c2ccc(OCC(C)C)c(C)c2)C1=O. The molecule has 1 aliphatic rings. The van der Waals surface area contributed by atoms with E-state index in [1.807, 2.05) is 67.7 Å². The van der Waals surface area contributed by atoms with Gasteiger partial charge in [-0.3, -0.25) is 19.3 Å². The van der Waals surface area contributed by atoms with Crippen molar-refractivity contribution < 1.29 is 28.6 Å². The van der Waals surface area contributed by atoms with Crippen molar-refractivity contribution in [2.75, 3.05) is 33.0 Å². The second-order valence-corrected chi connectivity index (χ2v) is 10.8. The molecular weight excluding hydrogens is 560 g/mol. The van der Waals surface area contributed by atoms with Gasteiger partial charge < -0.3 is 14.2 Å². The van der Waals surface area contributed by atoms with E-state index in [0.29, 0.717) is 29.4 Å². The maximum absolute atomic E-state index is 13.7. The molecule has 0 saturated heterocycles. The van der Waals surface area contributed by atoms with Crippen molar-refractivity contribution in [3.05, 3.63) is 82.6 Å². The number of esters is 1. The van der Waals surface area contributed by atoms with Crippen LogP contribution in [0.25, 0.3) is 23.0 Å². The molecule has 4 rings (SSSR count). The number of hydrogen-bond donors (Lipinski definition) is 0. The van der Waals surface area contributed by atoms with E-state index in [0.717, 1.165) is 27.5 Å². The van der Waals surface area contributed by atoms with Crippen molar-refractivity contribution in [2.24, 2.45) is 5.92 Å². The molecule has 0 bridgehead atoms. The molecule has 10 nitrogen and oxygen atoms in total. The number of imide groups is 1. The van der Waals surface area contributed by atoms with Gasteiger partial charge in [0.15, 0.2) is 0 Å². The average Bonchev–Trinajstić information content (AvgIpc) is 3.42. The van der Waals surface area contributed by atoms with Gasteiger partial charge >= 0.3 is 5.97 Å². The fourth-order valence-electron chi connectivity index (χ4n) is 4.64. The number of aryl methyl sites for hydroxylation is 1. The van der Waals surface area contributed by atoms with E-state index in [4.69, 9.17) is 19.3 Å². The second-order valence-electron chi connectivity index (χ2n) is 10.8. The van der Waals surface area contributed by atoms with E-state index in [1.54, 1.807) is 17.7 Å². The Bertz CT molecular complexity index is 1650. The molecule has 1 aromatic heterocycles. The molecule has 2 heterocycles. The van der Waals surface area contributed by atoms with E-state index in [2.05, 4.69) is 13.8 Å². The highest BCUT2D eigenvalue weighted by Crippen LogP contribution is 2.33. The molecule has 0 N–H and O–H groups in total. The minimum absolute atomic E-state index is 0.0193. The number of rotatable bonds is 12. The fourth-order valence-corrected chi connectivity index (χ4v) is 4.64. The van der Waals surface area contributed by atoms with Crippen molar-refractivity contribution in [3.63, 3.8) is 0 Å². The Kier molecular flexibility index (Phi) is 10.5. The molecule has 2 amide bonds. The Labute approximate surface area is 257 Å². The minimum Gasteiger partial charge on any atom is -0.493 e. The zero-order valence-electron chi connectivity index (χ0n) is 25.6. The van der Waals surface area contributed by atoms with Gasteiger partial charge in [-0.2, -0.15) is 10.4 Å². The van der Waals surface area contributed by atoms with Crippen LogP contribution in [0, 0.1) is 24.2 Å². The normalized spacial score (nSPS) is 14.4. The number of aromatic nitrogens is 2. The van der Waals surface area contributed by atoms with Crippen LogP contribution in [0.5, 0.6) is 5.75 Å². The zero-order chi connectivity index (χ0) is 31.8. The summed E-state index contributed by atoms with van der Waals surface area (Å²) in [5.74, 6) is -0.473. The number of carbonyl (C=O) groups is 3. The third-order valence-corrected chi connectivity index (χ3v) is 6.90. The van der Waals surface area contributed by atoms with Crippen LogP contribution in [0.4, 0.5) is 0 Å². The quantitative estimate of drug-likeness (QED) is 0.123. The smallest absolute Gasteiger partial charge is 0.302 e. The number of benzene rings is 2. The topological polar surface area (TPSA) is 124 Å². The second kappa shape index (κ2) is 14.4. The maximum Gasteiger partial charge on any atom is 0.302 e. The van der Waals surface area contributed by atoms with Crippen molar-refractivity contribution in [2.45, 2.75) is 34.6 Å². The predicted molar refractivity (Wildman–Crippen MR) is 165 cm³/mol. The fraction of sp³-hybridized carbons (Fsp3) is 0.324. The third kappa shape index (κ3) is 7.49. The first-order chi connectivity index (χ1) is 21.1. The van der Waals surface area contributed by atoms with Crippen LogP contribution in [-0.2, 0) is 23.9 Å². The van der Waals surface area contributed by atoms with Gasteiger partial charge in [-0.1, -0.05) is 32.0 Å². The number of para-hydroxylation sites is 1. The van der Waals surface area contributed by atoms with E-state index >= 15 is 0 Å². The minimum atomic E-state index is -0.677. The van der Waals surface area contributed by atoms with Crippen molar-refractivity contribution >= 4 is 23.9 Å². The van der Waals surface area contributed by atoms with Gasteiger partial charge in [0.05, 0.1) is 37.7 Å². The zero-order valence-corrected chi connectivity index (χ0v) is 25.6. The van der Waals surface area contributed by atoms with Gasteiger partial charge in [0.2, 0.25) is 0 Å². The molecule has 0 aliphatic carbocycles. The molecule has 44 heavy (non-hydrogen) atoms. The first kappa shape index (κ1) is 31.9. The lowest BCUT2D eigenvalue weighted by Gasteiger charge is -2.27. The van der Waals surface area contributed by atoms with Gasteiger partial charge in [0.25, 0.3) is 11.8 Å². The number of nitriles is 1. The Morgan fingerprint density at radius 1 is 1.05 bits per heavy atom. The van der Waals surface area contributed by atoms with Crippen LogP contribution >= 0.6 is 0 Å². The van der Waals surface area contributed by atoms with E-state index in [9.17, 15) is 19.6 Å². The van der Waals surface area contributed by atoms with Crippen LogP contribution in [-0.4, -0.2) is 65.4 Å². The molecule has 2 aromatic carbocycles. The van der Waals surface area contributed by atoms with E-state index in [1.165, 1.54) is 6.92 Å². The van der Waals surface area contributed by atoms with Crippen molar-refractivity contribution in [3.8, 4) is 28.8 Å². The molecule has 0 radical (unpaired) electrons. The van der Waals surface area contributed by atoms with Crippen LogP contribution < -0.4 is 4.74 Å². The summed E-state index contributed by atoms with van der Waals surface area (Å²) >= 11 is 0. The predicted octanol–water partition coefficient (Wildman–Crippen LogP) is 5.05. The van der Waals surface area contributed by atoms with Gasteiger partial charge in [0.1, 0.15) is 24.0 Å². The lowest BCUT2D eigenvalue weighted by molar-refractivity contribution is -0.142. The highest BCUT2D eigenvalue weighted by Gasteiger charge is 2.35. The third-order valence-electron chi connectivity index (χ3n) is 6.90. The Hall–Kier alpha value is -5.01. The molecule has 1 aliphatic heterocycles. The summed E-state index contributed by atoms with van der Waals surface area (Å²) in [4.78, 5) is 38.7. The van der Waals surface area contributed by atoms with Gasteiger partial charge in [0, 0.05) is 29.8 Å². The van der Waals surface area contributed by atoms with Crippen molar-refractivity contribution in [1.29, 1.82) is 5.26 Å². The molecule has 0 atom stereocenters. The van der Waals surface area contributed by atoms with Gasteiger partial charge in [-0.25, -0.2) is 4.68 Å². The summed E-state index contributed by atoms with van der Waals surface area (Å²) in [7, 11) is 0. The molecule has 3 aromatic rings. The first-order valence-electron chi connectivity index (χ1n) is 14.4. The molecule has 0 fully saturated rings. The summed E-state index contributed by atoms with van der Waals surface area (Å²) in [6, 6.07) is 17.4. The lowest BCUT2D eigenvalue weighted by atomic mass is 9.93. The first-order valence-corrected chi connectivity index (χ1v) is 14.4. The largest absolute Gasteiger partial charge is 0.493 e. The number of ether oxygens (including phenoxy) is 3. The number of carbonyl (C=O) groups excluding carboxylic acids is 3. The lowest BCUT2D eigenvalue weighted by Crippen LogP contribution is -2.44. The maximum atomic E-state index is 13.7. The number of amides is 2. The van der Waals surface area contributed by atoms with Crippen LogP contribution in [0.2, 0.25) is 0 Å². The number of nitrogens with zero attached hydrogens (tertiary/aromatic N) is 4. The monoisotopic (exact) mass is 596 g/mol.